The van der Waals surface area contributed by atoms with Crippen LogP contribution in [0.3, 0.4) is 0 Å². The summed E-state index contributed by atoms with van der Waals surface area (Å²) in [7, 11) is 0. The Labute approximate surface area is 142 Å². The average molecular weight is 325 g/mol. The molecule has 0 aromatic rings. The molecule has 134 valence electrons. The first-order valence-electron chi connectivity index (χ1n) is 9.06. The van der Waals surface area contributed by atoms with Gasteiger partial charge in [-0.1, -0.05) is 34.6 Å². The van der Waals surface area contributed by atoms with E-state index in [2.05, 4.69) is 43.3 Å². The predicted octanol–water partition coefficient (Wildman–Crippen LogP) is 2.62. The standard InChI is InChI=1S/C18H36N4O/c1-7-19-17(20-11-8-10-18(4,5)6)21-15-9-12-22(13-15)16(23)14(2)3/h14-15H,7-13H2,1-6H3,(H2,19,20,21). The largest absolute Gasteiger partial charge is 0.357 e. The van der Waals surface area contributed by atoms with Gasteiger partial charge < -0.3 is 15.5 Å². The van der Waals surface area contributed by atoms with E-state index in [0.29, 0.717) is 11.5 Å². The molecule has 1 fully saturated rings. The second-order valence-corrected chi connectivity index (χ2v) is 7.99. The molecule has 1 saturated heterocycles. The third kappa shape index (κ3) is 7.71. The third-order valence-corrected chi connectivity index (χ3v) is 4.03. The maximum absolute atomic E-state index is 12.1. The van der Waals surface area contributed by atoms with Crippen LogP contribution in [-0.2, 0) is 4.79 Å². The van der Waals surface area contributed by atoms with Crippen molar-refractivity contribution in [3.63, 3.8) is 0 Å². The molecule has 5 nitrogen and oxygen atoms in total. The summed E-state index contributed by atoms with van der Waals surface area (Å²) in [4.78, 5) is 18.7. The number of hydrogen-bond donors (Lipinski definition) is 2. The van der Waals surface area contributed by atoms with Crippen molar-refractivity contribution in [3.8, 4) is 0 Å². The number of rotatable bonds is 6. The number of likely N-dealkylation sites (tertiary alicyclic amines) is 1. The molecular formula is C18H36N4O. The van der Waals surface area contributed by atoms with Gasteiger partial charge in [0.25, 0.3) is 0 Å². The Morgan fingerprint density at radius 3 is 2.61 bits per heavy atom. The molecule has 0 aliphatic carbocycles. The lowest BCUT2D eigenvalue weighted by molar-refractivity contribution is -0.133. The van der Waals surface area contributed by atoms with E-state index in [-0.39, 0.29) is 11.8 Å². The number of guanidine groups is 1. The van der Waals surface area contributed by atoms with Gasteiger partial charge in [-0.05, 0) is 31.6 Å². The number of carbonyl (C=O) groups excluding carboxylic acids is 1. The minimum atomic E-state index is 0.0769. The molecule has 23 heavy (non-hydrogen) atoms. The van der Waals surface area contributed by atoms with Crippen LogP contribution in [0.5, 0.6) is 0 Å². The number of hydrogen-bond acceptors (Lipinski definition) is 2. The summed E-state index contributed by atoms with van der Waals surface area (Å²) in [5.74, 6) is 1.21. The first kappa shape index (κ1) is 19.8. The minimum absolute atomic E-state index is 0.0769. The molecule has 1 unspecified atom stereocenters. The van der Waals surface area contributed by atoms with Crippen molar-refractivity contribution in [1.82, 2.24) is 15.5 Å². The van der Waals surface area contributed by atoms with Gasteiger partial charge in [0.2, 0.25) is 5.91 Å². The highest BCUT2D eigenvalue weighted by Crippen LogP contribution is 2.20. The fourth-order valence-corrected chi connectivity index (χ4v) is 2.76. The first-order chi connectivity index (χ1) is 10.7. The molecule has 1 aliphatic rings. The highest BCUT2D eigenvalue weighted by atomic mass is 16.2. The van der Waals surface area contributed by atoms with E-state index >= 15 is 0 Å². The second kappa shape index (κ2) is 9.14. The Morgan fingerprint density at radius 1 is 1.35 bits per heavy atom. The smallest absolute Gasteiger partial charge is 0.225 e. The molecule has 1 heterocycles. The summed E-state index contributed by atoms with van der Waals surface area (Å²) in [6, 6.07) is 0.304. The van der Waals surface area contributed by atoms with Crippen LogP contribution in [0.1, 0.15) is 60.8 Å². The Kier molecular flexibility index (Phi) is 7.86. The van der Waals surface area contributed by atoms with Crippen LogP contribution >= 0.6 is 0 Å². The van der Waals surface area contributed by atoms with Crippen LogP contribution in [-0.4, -0.2) is 49.0 Å². The van der Waals surface area contributed by atoms with Crippen molar-refractivity contribution >= 4 is 11.9 Å². The van der Waals surface area contributed by atoms with E-state index < -0.39 is 0 Å². The fourth-order valence-electron chi connectivity index (χ4n) is 2.76. The maximum atomic E-state index is 12.1. The molecule has 0 spiro atoms. The summed E-state index contributed by atoms with van der Waals surface area (Å²) >= 11 is 0. The van der Waals surface area contributed by atoms with Crippen LogP contribution in [0.25, 0.3) is 0 Å². The molecule has 1 amide bonds. The summed E-state index contributed by atoms with van der Waals surface area (Å²) < 4.78 is 0. The minimum Gasteiger partial charge on any atom is -0.357 e. The van der Waals surface area contributed by atoms with Crippen LogP contribution in [0, 0.1) is 11.3 Å². The Morgan fingerprint density at radius 2 is 2.04 bits per heavy atom. The highest BCUT2D eigenvalue weighted by Gasteiger charge is 2.27. The summed E-state index contributed by atoms with van der Waals surface area (Å²) in [5, 5.41) is 6.79. The quantitative estimate of drug-likeness (QED) is 0.449. The van der Waals surface area contributed by atoms with Gasteiger partial charge in [0.15, 0.2) is 5.96 Å². The molecule has 1 rings (SSSR count). The van der Waals surface area contributed by atoms with Gasteiger partial charge in [-0.15, -0.1) is 0 Å². The predicted molar refractivity (Wildman–Crippen MR) is 97.6 cm³/mol. The summed E-state index contributed by atoms with van der Waals surface area (Å²) in [5.41, 5.74) is 0.366. The van der Waals surface area contributed by atoms with Crippen LogP contribution < -0.4 is 10.6 Å². The third-order valence-electron chi connectivity index (χ3n) is 4.03. The zero-order chi connectivity index (χ0) is 17.5. The lowest BCUT2D eigenvalue weighted by Gasteiger charge is -2.20. The molecule has 0 radical (unpaired) electrons. The Balaban J connectivity index is 2.45. The van der Waals surface area contributed by atoms with E-state index in [1.165, 1.54) is 6.42 Å². The van der Waals surface area contributed by atoms with Gasteiger partial charge in [0, 0.05) is 38.1 Å². The summed E-state index contributed by atoms with van der Waals surface area (Å²) in [6.45, 7) is 16.1. The fraction of sp³-hybridized carbons (Fsp3) is 0.889. The molecule has 0 aromatic carbocycles. The average Bonchev–Trinajstić information content (AvgIpc) is 2.90. The van der Waals surface area contributed by atoms with Crippen molar-refractivity contribution in [1.29, 1.82) is 0 Å². The number of aliphatic imine (C=N–C) groups is 1. The van der Waals surface area contributed by atoms with E-state index in [0.717, 1.165) is 45.0 Å². The number of nitrogens with zero attached hydrogens (tertiary/aromatic N) is 2. The molecule has 0 aromatic heterocycles. The van der Waals surface area contributed by atoms with E-state index in [1.54, 1.807) is 0 Å². The van der Waals surface area contributed by atoms with E-state index in [9.17, 15) is 4.79 Å². The van der Waals surface area contributed by atoms with Gasteiger partial charge >= 0.3 is 0 Å². The topological polar surface area (TPSA) is 56.7 Å². The Bertz CT molecular complexity index is 398. The van der Waals surface area contributed by atoms with Crippen LogP contribution in [0.15, 0.2) is 4.99 Å². The van der Waals surface area contributed by atoms with Gasteiger partial charge in [0.05, 0.1) is 0 Å². The van der Waals surface area contributed by atoms with Crippen molar-refractivity contribution < 1.29 is 4.79 Å². The van der Waals surface area contributed by atoms with Gasteiger partial charge in [-0.25, -0.2) is 0 Å². The molecule has 5 heteroatoms. The molecular weight excluding hydrogens is 288 g/mol. The first-order valence-corrected chi connectivity index (χ1v) is 9.06. The highest BCUT2D eigenvalue weighted by molar-refractivity contribution is 5.81. The monoisotopic (exact) mass is 324 g/mol. The van der Waals surface area contributed by atoms with Crippen LogP contribution in [0.2, 0.25) is 0 Å². The van der Waals surface area contributed by atoms with Gasteiger partial charge in [0.1, 0.15) is 0 Å². The van der Waals surface area contributed by atoms with E-state index in [1.807, 2.05) is 18.7 Å². The Hall–Kier alpha value is -1.26. The molecule has 1 aliphatic heterocycles. The summed E-state index contributed by atoms with van der Waals surface area (Å²) in [6.07, 6.45) is 3.27. The van der Waals surface area contributed by atoms with E-state index in [4.69, 9.17) is 0 Å². The normalized spacial score (nSPS) is 19.3. The lowest BCUT2D eigenvalue weighted by atomic mass is 9.91. The molecule has 0 bridgehead atoms. The zero-order valence-corrected chi connectivity index (χ0v) is 15.9. The van der Waals surface area contributed by atoms with Crippen molar-refractivity contribution in [3.05, 3.63) is 0 Å². The van der Waals surface area contributed by atoms with Gasteiger partial charge in [-0.3, -0.25) is 9.79 Å². The zero-order valence-electron chi connectivity index (χ0n) is 15.9. The second-order valence-electron chi connectivity index (χ2n) is 7.99. The number of nitrogens with one attached hydrogen (secondary N) is 2. The molecule has 1 atom stereocenters. The number of amides is 1. The lowest BCUT2D eigenvalue weighted by Crippen LogP contribution is -2.45. The van der Waals surface area contributed by atoms with Crippen molar-refractivity contribution in [2.45, 2.75) is 66.8 Å². The van der Waals surface area contributed by atoms with Crippen molar-refractivity contribution in [2.75, 3.05) is 26.2 Å². The molecule has 2 N–H and O–H groups in total. The SMILES string of the molecule is CCNC(=NCCCC(C)(C)C)NC1CCN(C(=O)C(C)C)C1. The van der Waals surface area contributed by atoms with Crippen LogP contribution in [0.4, 0.5) is 0 Å². The number of carbonyl (C=O) groups is 1. The maximum Gasteiger partial charge on any atom is 0.225 e. The van der Waals surface area contributed by atoms with Gasteiger partial charge in [-0.2, -0.15) is 0 Å². The van der Waals surface area contributed by atoms with Crippen molar-refractivity contribution in [2.24, 2.45) is 16.3 Å². The molecule has 0 saturated carbocycles.